The number of aryl methyl sites for hydroxylation is 2. The fourth-order valence-corrected chi connectivity index (χ4v) is 4.37. The van der Waals surface area contributed by atoms with Crippen LogP contribution in [0, 0.1) is 19.8 Å². The van der Waals surface area contributed by atoms with Crippen molar-refractivity contribution in [2.75, 3.05) is 6.61 Å². The van der Waals surface area contributed by atoms with Crippen LogP contribution >= 0.6 is 0 Å². The largest absolute Gasteiger partial charge is 0.483 e. The van der Waals surface area contributed by atoms with Crippen LogP contribution in [0.3, 0.4) is 0 Å². The molecule has 0 aromatic heterocycles. The summed E-state index contributed by atoms with van der Waals surface area (Å²) >= 11 is 0. The summed E-state index contributed by atoms with van der Waals surface area (Å²) in [6.07, 6.45) is 6.21. The van der Waals surface area contributed by atoms with Gasteiger partial charge in [-0.3, -0.25) is 4.79 Å². The number of rotatable bonds is 3. The van der Waals surface area contributed by atoms with E-state index in [0.29, 0.717) is 18.0 Å². The van der Waals surface area contributed by atoms with Crippen molar-refractivity contribution in [1.82, 2.24) is 4.90 Å². The third kappa shape index (κ3) is 2.86. The Morgan fingerprint density at radius 1 is 1.23 bits per heavy atom. The maximum atomic E-state index is 12.7. The van der Waals surface area contributed by atoms with Gasteiger partial charge in [0, 0.05) is 12.1 Å². The van der Waals surface area contributed by atoms with Gasteiger partial charge in [-0.25, -0.2) is 0 Å². The normalized spacial score (nSPS) is 27.6. The number of carbonyl (C=O) groups excluding carboxylic acids is 1. The summed E-state index contributed by atoms with van der Waals surface area (Å²) in [6.45, 7) is 6.42. The highest BCUT2D eigenvalue weighted by molar-refractivity contribution is 5.79. The van der Waals surface area contributed by atoms with E-state index in [1.807, 2.05) is 32.0 Å². The van der Waals surface area contributed by atoms with Gasteiger partial charge >= 0.3 is 0 Å². The number of hydrogen-bond donors (Lipinski definition) is 0. The summed E-state index contributed by atoms with van der Waals surface area (Å²) in [6, 6.07) is 6.90. The third-order valence-corrected chi connectivity index (χ3v) is 5.38. The molecule has 0 radical (unpaired) electrons. The molecule has 0 bridgehead atoms. The molecule has 3 rings (SSSR count). The molecule has 1 heterocycles. The van der Waals surface area contributed by atoms with Crippen molar-refractivity contribution in [2.24, 2.45) is 5.92 Å². The summed E-state index contributed by atoms with van der Waals surface area (Å²) in [5, 5.41) is 0. The van der Waals surface area contributed by atoms with Crippen LogP contribution in [0.4, 0.5) is 0 Å². The fourth-order valence-electron chi connectivity index (χ4n) is 4.37. The monoisotopic (exact) mass is 301 g/mol. The molecule has 1 aliphatic heterocycles. The van der Waals surface area contributed by atoms with E-state index in [1.54, 1.807) is 0 Å². The Bertz CT molecular complexity index is 534. The van der Waals surface area contributed by atoms with Gasteiger partial charge in [0.15, 0.2) is 6.61 Å². The van der Waals surface area contributed by atoms with Crippen molar-refractivity contribution in [3.63, 3.8) is 0 Å². The van der Waals surface area contributed by atoms with E-state index in [2.05, 4.69) is 11.8 Å². The minimum absolute atomic E-state index is 0.157. The van der Waals surface area contributed by atoms with Gasteiger partial charge < -0.3 is 9.64 Å². The number of benzene rings is 1. The van der Waals surface area contributed by atoms with Crippen molar-refractivity contribution in [3.8, 4) is 5.75 Å². The van der Waals surface area contributed by atoms with Crippen molar-refractivity contribution in [2.45, 2.75) is 65.0 Å². The molecule has 2 aliphatic rings. The lowest BCUT2D eigenvalue weighted by Gasteiger charge is -2.33. The maximum Gasteiger partial charge on any atom is 0.261 e. The molecule has 1 amide bonds. The van der Waals surface area contributed by atoms with E-state index >= 15 is 0 Å². The van der Waals surface area contributed by atoms with E-state index in [-0.39, 0.29) is 12.5 Å². The lowest BCUT2D eigenvalue weighted by molar-refractivity contribution is -0.136. The van der Waals surface area contributed by atoms with Crippen LogP contribution in [0.25, 0.3) is 0 Å². The molecular formula is C19H27NO2. The Morgan fingerprint density at radius 2 is 1.91 bits per heavy atom. The van der Waals surface area contributed by atoms with E-state index < -0.39 is 0 Å². The van der Waals surface area contributed by atoms with E-state index in [9.17, 15) is 4.79 Å². The molecule has 1 aromatic carbocycles. The lowest BCUT2D eigenvalue weighted by Crippen LogP contribution is -2.44. The van der Waals surface area contributed by atoms with Crippen molar-refractivity contribution in [1.29, 1.82) is 0 Å². The molecule has 0 N–H and O–H groups in total. The highest BCUT2D eigenvalue weighted by Crippen LogP contribution is 2.39. The van der Waals surface area contributed by atoms with Gasteiger partial charge in [0.1, 0.15) is 5.75 Å². The Kier molecular flexibility index (Phi) is 4.42. The zero-order valence-electron chi connectivity index (χ0n) is 14.0. The Balaban J connectivity index is 1.67. The number of nitrogens with zero attached hydrogens (tertiary/aromatic N) is 1. The first-order chi connectivity index (χ1) is 10.6. The maximum absolute atomic E-state index is 12.7. The van der Waals surface area contributed by atoms with E-state index in [4.69, 9.17) is 4.74 Å². The highest BCUT2D eigenvalue weighted by Gasteiger charge is 2.42. The molecule has 3 nitrogen and oxygen atoms in total. The predicted octanol–water partition coefficient (Wildman–Crippen LogP) is 3.86. The number of amides is 1. The number of likely N-dealkylation sites (tertiary alicyclic amines) is 1. The van der Waals surface area contributed by atoms with Gasteiger partial charge in [-0.1, -0.05) is 31.0 Å². The van der Waals surface area contributed by atoms with Crippen molar-refractivity contribution >= 4 is 5.91 Å². The molecule has 2 fully saturated rings. The summed E-state index contributed by atoms with van der Waals surface area (Å²) in [7, 11) is 0. The second kappa shape index (κ2) is 6.31. The zero-order chi connectivity index (χ0) is 15.7. The SMILES string of the molecule is Cc1cccc(C)c1OCC(=O)N1C(C)CC2CCCCC21. The van der Waals surface area contributed by atoms with Gasteiger partial charge in [-0.2, -0.15) is 0 Å². The van der Waals surface area contributed by atoms with Gasteiger partial charge in [-0.15, -0.1) is 0 Å². The van der Waals surface area contributed by atoms with Crippen LogP contribution in [-0.2, 0) is 4.79 Å². The van der Waals surface area contributed by atoms with Gasteiger partial charge in [-0.05, 0) is 57.1 Å². The molecule has 120 valence electrons. The summed E-state index contributed by atoms with van der Waals surface area (Å²) in [5.41, 5.74) is 2.19. The first-order valence-electron chi connectivity index (χ1n) is 8.58. The molecule has 22 heavy (non-hydrogen) atoms. The number of carbonyl (C=O) groups is 1. The Labute approximate surface area is 133 Å². The first-order valence-corrected chi connectivity index (χ1v) is 8.58. The summed E-state index contributed by atoms with van der Waals surface area (Å²) < 4.78 is 5.88. The summed E-state index contributed by atoms with van der Waals surface area (Å²) in [4.78, 5) is 14.8. The number of ether oxygens (including phenoxy) is 1. The predicted molar refractivity (Wildman–Crippen MR) is 88.1 cm³/mol. The van der Waals surface area contributed by atoms with Crippen molar-refractivity contribution < 1.29 is 9.53 Å². The number of hydrogen-bond acceptors (Lipinski definition) is 2. The number of fused-ring (bicyclic) bond motifs is 1. The molecule has 1 aliphatic carbocycles. The van der Waals surface area contributed by atoms with Gasteiger partial charge in [0.05, 0.1) is 0 Å². The highest BCUT2D eigenvalue weighted by atomic mass is 16.5. The molecule has 3 unspecified atom stereocenters. The van der Waals surface area contributed by atoms with Crippen LogP contribution in [0.2, 0.25) is 0 Å². The van der Waals surface area contributed by atoms with Gasteiger partial charge in [0.25, 0.3) is 5.91 Å². The molecule has 1 aromatic rings. The Hall–Kier alpha value is -1.51. The lowest BCUT2D eigenvalue weighted by atomic mass is 9.85. The van der Waals surface area contributed by atoms with Crippen LogP contribution in [0.15, 0.2) is 18.2 Å². The standard InChI is InChI=1S/C19H27NO2/c1-13-7-6-8-14(2)19(13)22-12-18(21)20-15(3)11-16-9-4-5-10-17(16)20/h6-8,15-17H,4-5,9-12H2,1-3H3. The fraction of sp³-hybridized carbons (Fsp3) is 0.632. The average molecular weight is 301 g/mol. The molecular weight excluding hydrogens is 274 g/mol. The van der Waals surface area contributed by atoms with Crippen molar-refractivity contribution in [3.05, 3.63) is 29.3 Å². The first kappa shape index (κ1) is 15.4. The number of para-hydroxylation sites is 1. The molecule has 0 spiro atoms. The van der Waals surface area contributed by atoms with Crippen LogP contribution in [0.1, 0.15) is 50.2 Å². The molecule has 3 heteroatoms. The van der Waals surface area contributed by atoms with Crippen LogP contribution < -0.4 is 4.74 Å². The second-order valence-corrected chi connectivity index (χ2v) is 7.01. The average Bonchev–Trinajstić information content (AvgIpc) is 2.82. The smallest absolute Gasteiger partial charge is 0.261 e. The molecule has 3 atom stereocenters. The van der Waals surface area contributed by atoms with Crippen LogP contribution in [0.5, 0.6) is 5.75 Å². The topological polar surface area (TPSA) is 29.5 Å². The van der Waals surface area contributed by atoms with Gasteiger partial charge in [0.2, 0.25) is 0 Å². The molecule has 1 saturated heterocycles. The summed E-state index contributed by atoms with van der Waals surface area (Å²) in [5.74, 6) is 1.74. The second-order valence-electron chi connectivity index (χ2n) is 7.01. The quantitative estimate of drug-likeness (QED) is 0.848. The van der Waals surface area contributed by atoms with E-state index in [0.717, 1.165) is 16.9 Å². The molecule has 1 saturated carbocycles. The minimum Gasteiger partial charge on any atom is -0.483 e. The van der Waals surface area contributed by atoms with Crippen LogP contribution in [-0.4, -0.2) is 29.5 Å². The Morgan fingerprint density at radius 3 is 2.64 bits per heavy atom. The third-order valence-electron chi connectivity index (χ3n) is 5.38. The zero-order valence-corrected chi connectivity index (χ0v) is 14.0. The minimum atomic E-state index is 0.157. The van der Waals surface area contributed by atoms with E-state index in [1.165, 1.54) is 32.1 Å².